The highest BCUT2D eigenvalue weighted by molar-refractivity contribution is 4.50. The van der Waals surface area contributed by atoms with Crippen molar-refractivity contribution in [3.63, 3.8) is 0 Å². The van der Waals surface area contributed by atoms with Gasteiger partial charge in [0.15, 0.2) is 0 Å². The van der Waals surface area contributed by atoms with Crippen molar-refractivity contribution in [2.24, 2.45) is 0 Å². The quantitative estimate of drug-likeness (QED) is 0.399. The number of epoxide rings is 1. The van der Waals surface area contributed by atoms with Gasteiger partial charge in [-0.1, -0.05) is 64.7 Å². The Morgan fingerprint density at radius 3 is 1.68 bits per heavy atom. The van der Waals surface area contributed by atoms with Gasteiger partial charge in [0, 0.05) is 6.54 Å². The van der Waals surface area contributed by atoms with Crippen molar-refractivity contribution in [1.29, 1.82) is 0 Å². The highest BCUT2D eigenvalue weighted by atomic mass is 16.6. The normalized spacial score (nSPS) is 12.9. The lowest BCUT2D eigenvalue weighted by Gasteiger charge is -2.03. The molecule has 0 aromatic carbocycles. The zero-order valence-electron chi connectivity index (χ0n) is 13.0. The van der Waals surface area contributed by atoms with Crippen LogP contribution in [0.4, 0.5) is 0 Å². The zero-order chi connectivity index (χ0) is 14.0. The molecule has 0 saturated carbocycles. The monoisotopic (exact) mass is 273 g/mol. The summed E-state index contributed by atoms with van der Waals surface area (Å²) in [4.78, 5) is 0. The van der Waals surface area contributed by atoms with Gasteiger partial charge in [0.25, 0.3) is 0 Å². The van der Waals surface area contributed by atoms with Crippen molar-refractivity contribution in [2.75, 3.05) is 32.9 Å². The highest BCUT2D eigenvalue weighted by Crippen LogP contribution is 2.10. The van der Waals surface area contributed by atoms with E-state index >= 15 is 0 Å². The summed E-state index contributed by atoms with van der Waals surface area (Å²) < 4.78 is 4.50. The van der Waals surface area contributed by atoms with E-state index in [0.29, 0.717) is 0 Å². The van der Waals surface area contributed by atoms with Gasteiger partial charge in [-0.2, -0.15) is 0 Å². The predicted octanol–water partition coefficient (Wildman–Crippen LogP) is 3.51. The second kappa shape index (κ2) is 17.9. The third-order valence-corrected chi connectivity index (χ3v) is 3.20. The third kappa shape index (κ3) is 23.4. The number of hydrogen-bond acceptors (Lipinski definition) is 3. The number of aliphatic hydroxyl groups excluding tert-OH is 1. The molecular formula is C16H35NO2. The van der Waals surface area contributed by atoms with Crippen LogP contribution in [0.15, 0.2) is 0 Å². The van der Waals surface area contributed by atoms with Crippen LogP contribution in [0, 0.1) is 0 Å². The molecule has 1 rings (SSSR count). The fourth-order valence-corrected chi connectivity index (χ4v) is 1.94. The van der Waals surface area contributed by atoms with E-state index in [2.05, 4.69) is 17.0 Å². The molecule has 0 bridgehead atoms. The molecule has 0 aromatic rings. The first-order chi connectivity index (χ1) is 9.41. The summed E-state index contributed by atoms with van der Waals surface area (Å²) in [6.45, 7) is 6.34. The summed E-state index contributed by atoms with van der Waals surface area (Å²) in [5.74, 6) is 0. The maximum absolute atomic E-state index is 8.57. The average Bonchev–Trinajstić information content (AvgIpc) is 3.28. The summed E-state index contributed by atoms with van der Waals surface area (Å²) >= 11 is 0. The molecule has 1 aliphatic rings. The van der Waals surface area contributed by atoms with Crippen molar-refractivity contribution in [3.8, 4) is 0 Å². The van der Waals surface area contributed by atoms with Crippen molar-refractivity contribution in [2.45, 2.75) is 71.1 Å². The van der Waals surface area contributed by atoms with Crippen LogP contribution in [-0.2, 0) is 4.74 Å². The fraction of sp³-hybridized carbons (Fsp3) is 1.00. The molecule has 3 heteroatoms. The van der Waals surface area contributed by atoms with Gasteiger partial charge in [-0.05, 0) is 13.0 Å². The van der Waals surface area contributed by atoms with Crippen molar-refractivity contribution >= 4 is 0 Å². The molecule has 1 saturated heterocycles. The van der Waals surface area contributed by atoms with Crippen molar-refractivity contribution in [3.05, 3.63) is 0 Å². The van der Waals surface area contributed by atoms with Gasteiger partial charge in [0.2, 0.25) is 0 Å². The average molecular weight is 273 g/mol. The fourth-order valence-electron chi connectivity index (χ4n) is 1.94. The van der Waals surface area contributed by atoms with Crippen LogP contribution in [0.1, 0.15) is 71.1 Å². The largest absolute Gasteiger partial charge is 0.395 e. The number of hydrogen-bond donors (Lipinski definition) is 2. The van der Waals surface area contributed by atoms with Gasteiger partial charge >= 0.3 is 0 Å². The second-order valence-electron chi connectivity index (χ2n) is 5.27. The van der Waals surface area contributed by atoms with Gasteiger partial charge in [0.05, 0.1) is 19.8 Å². The van der Waals surface area contributed by atoms with Crippen molar-refractivity contribution in [1.82, 2.24) is 5.32 Å². The Bertz CT molecular complexity index is 135. The minimum atomic E-state index is 0.262. The Hall–Kier alpha value is -0.120. The summed E-state index contributed by atoms with van der Waals surface area (Å²) in [5.41, 5.74) is 0. The lowest BCUT2D eigenvalue weighted by molar-refractivity contribution is 0.292. The van der Waals surface area contributed by atoms with Crippen LogP contribution < -0.4 is 5.32 Å². The maximum Gasteiger partial charge on any atom is 0.0701 e. The predicted molar refractivity (Wildman–Crippen MR) is 82.6 cm³/mol. The van der Waals surface area contributed by atoms with Gasteiger partial charge in [-0.3, -0.25) is 0 Å². The molecular weight excluding hydrogens is 238 g/mol. The number of unbranched alkanes of at least 4 members (excludes halogenated alkanes) is 9. The maximum atomic E-state index is 8.57. The number of nitrogens with one attached hydrogen (secondary N) is 1. The molecule has 0 atom stereocenters. The molecule has 3 nitrogen and oxygen atoms in total. The molecule has 0 radical (unpaired) electrons. The van der Waals surface area contributed by atoms with Gasteiger partial charge in [-0.15, -0.1) is 0 Å². The molecule has 1 heterocycles. The van der Waals surface area contributed by atoms with E-state index < -0.39 is 0 Å². The van der Waals surface area contributed by atoms with E-state index in [4.69, 9.17) is 5.11 Å². The van der Waals surface area contributed by atoms with E-state index in [1.54, 1.807) is 0 Å². The van der Waals surface area contributed by atoms with E-state index in [9.17, 15) is 0 Å². The van der Waals surface area contributed by atoms with E-state index in [0.717, 1.165) is 26.3 Å². The first-order valence-corrected chi connectivity index (χ1v) is 8.31. The molecule has 0 amide bonds. The van der Waals surface area contributed by atoms with Crippen LogP contribution in [0.3, 0.4) is 0 Å². The molecule has 0 aromatic heterocycles. The molecule has 1 aliphatic heterocycles. The number of ether oxygens (including phenoxy) is 1. The molecule has 0 spiro atoms. The van der Waals surface area contributed by atoms with Crippen LogP contribution in [-0.4, -0.2) is 38.0 Å². The summed E-state index contributed by atoms with van der Waals surface area (Å²) in [5, 5.41) is 11.8. The second-order valence-corrected chi connectivity index (χ2v) is 5.27. The number of rotatable bonds is 13. The minimum absolute atomic E-state index is 0.262. The third-order valence-electron chi connectivity index (χ3n) is 3.20. The van der Waals surface area contributed by atoms with Gasteiger partial charge < -0.3 is 15.2 Å². The zero-order valence-corrected chi connectivity index (χ0v) is 13.0. The summed E-state index contributed by atoms with van der Waals surface area (Å²) in [6.07, 6.45) is 13.9. The SMILES string of the molecule is C1CO1.CCCCCCCCCCCCNCCO. The van der Waals surface area contributed by atoms with Crippen LogP contribution in [0.25, 0.3) is 0 Å². The smallest absolute Gasteiger partial charge is 0.0701 e. The Kier molecular flexibility index (Phi) is 17.8. The van der Waals surface area contributed by atoms with E-state index in [-0.39, 0.29) is 6.61 Å². The Morgan fingerprint density at radius 2 is 1.26 bits per heavy atom. The first kappa shape index (κ1) is 18.9. The Morgan fingerprint density at radius 1 is 0.789 bits per heavy atom. The standard InChI is InChI=1S/C14H31NO.C2H4O/c1-2-3-4-5-6-7-8-9-10-11-12-15-13-14-16;1-2-3-1/h15-16H,2-14H2,1H3;1-2H2. The first-order valence-electron chi connectivity index (χ1n) is 8.31. The summed E-state index contributed by atoms with van der Waals surface area (Å²) in [6, 6.07) is 0. The molecule has 2 N–H and O–H groups in total. The van der Waals surface area contributed by atoms with Crippen LogP contribution >= 0.6 is 0 Å². The molecule has 1 fully saturated rings. The van der Waals surface area contributed by atoms with Crippen molar-refractivity contribution < 1.29 is 9.84 Å². The Labute approximate surface area is 120 Å². The lowest BCUT2D eigenvalue weighted by atomic mass is 10.1. The molecule has 0 aliphatic carbocycles. The molecule has 0 unspecified atom stereocenters. The lowest BCUT2D eigenvalue weighted by Crippen LogP contribution is -2.19. The highest BCUT2D eigenvalue weighted by Gasteiger charge is 1.94. The van der Waals surface area contributed by atoms with E-state index in [1.165, 1.54) is 64.2 Å². The van der Waals surface area contributed by atoms with E-state index in [1.807, 2.05) is 0 Å². The van der Waals surface area contributed by atoms with Crippen LogP contribution in [0.2, 0.25) is 0 Å². The van der Waals surface area contributed by atoms with Gasteiger partial charge in [0.1, 0.15) is 0 Å². The minimum Gasteiger partial charge on any atom is -0.395 e. The molecule has 19 heavy (non-hydrogen) atoms. The molecule has 116 valence electrons. The Balaban J connectivity index is 0.000000934. The topological polar surface area (TPSA) is 44.8 Å². The summed E-state index contributed by atoms with van der Waals surface area (Å²) in [7, 11) is 0. The number of aliphatic hydroxyl groups is 1. The van der Waals surface area contributed by atoms with Gasteiger partial charge in [-0.25, -0.2) is 0 Å². The van der Waals surface area contributed by atoms with Crippen LogP contribution in [0.5, 0.6) is 0 Å².